The van der Waals surface area contributed by atoms with Crippen LogP contribution in [0.5, 0.6) is 5.75 Å². The highest BCUT2D eigenvalue weighted by molar-refractivity contribution is 6.30. The van der Waals surface area contributed by atoms with Crippen LogP contribution in [0.1, 0.15) is 40.9 Å². The van der Waals surface area contributed by atoms with Crippen LogP contribution in [-0.2, 0) is 4.79 Å². The Kier molecular flexibility index (Phi) is 5.65. The summed E-state index contributed by atoms with van der Waals surface area (Å²) in [5.41, 5.74) is 2.50. The molecule has 33 heavy (non-hydrogen) atoms. The van der Waals surface area contributed by atoms with Gasteiger partial charge >= 0.3 is 0 Å². The van der Waals surface area contributed by atoms with Gasteiger partial charge in [-0.05, 0) is 73.4 Å². The van der Waals surface area contributed by atoms with E-state index in [1.54, 1.807) is 30.3 Å². The Bertz CT molecular complexity index is 1320. The summed E-state index contributed by atoms with van der Waals surface area (Å²) in [6.45, 7) is 2.45. The number of ether oxygens (including phenoxy) is 1. The summed E-state index contributed by atoms with van der Waals surface area (Å²) in [5.74, 6) is 0.377. The van der Waals surface area contributed by atoms with Crippen LogP contribution in [-0.4, -0.2) is 18.3 Å². The third-order valence-electron chi connectivity index (χ3n) is 5.90. The zero-order valence-corrected chi connectivity index (χ0v) is 18.8. The Morgan fingerprint density at radius 2 is 1.76 bits per heavy atom. The molecule has 1 aromatic heterocycles. The highest BCUT2D eigenvalue weighted by Crippen LogP contribution is 2.48. The molecule has 3 aromatic carbocycles. The number of anilines is 1. The van der Waals surface area contributed by atoms with Crippen LogP contribution in [0, 0.1) is 5.92 Å². The third kappa shape index (κ3) is 4.24. The number of carbonyl (C=O) groups excluding carboxylic acids is 2. The number of carbonyl (C=O) groups is 2. The monoisotopic (exact) mass is 459 g/mol. The molecule has 0 radical (unpaired) electrons. The van der Waals surface area contributed by atoms with Gasteiger partial charge in [0, 0.05) is 21.9 Å². The third-order valence-corrected chi connectivity index (χ3v) is 6.15. The normalized spacial score (nSPS) is 17.0. The van der Waals surface area contributed by atoms with Crippen LogP contribution < -0.4 is 10.1 Å². The Morgan fingerprint density at radius 1 is 1.03 bits per heavy atom. The number of hydrogen-bond acceptors (Lipinski definition) is 4. The Balaban J connectivity index is 1.42. The maximum absolute atomic E-state index is 13.3. The van der Waals surface area contributed by atoms with Gasteiger partial charge in [0.15, 0.2) is 5.76 Å². The van der Waals surface area contributed by atoms with E-state index in [1.807, 2.05) is 49.4 Å². The van der Waals surface area contributed by atoms with Crippen molar-refractivity contribution in [2.24, 2.45) is 5.92 Å². The summed E-state index contributed by atoms with van der Waals surface area (Å²) in [4.78, 5) is 26.4. The van der Waals surface area contributed by atoms with Crippen molar-refractivity contribution in [1.29, 1.82) is 0 Å². The summed E-state index contributed by atoms with van der Waals surface area (Å²) >= 11 is 5.98. The molecule has 2 unspecified atom stereocenters. The number of rotatable bonds is 7. The van der Waals surface area contributed by atoms with Crippen molar-refractivity contribution in [3.05, 3.63) is 94.7 Å². The molecule has 0 saturated heterocycles. The molecule has 1 N–H and O–H groups in total. The number of furan rings is 1. The van der Waals surface area contributed by atoms with Crippen molar-refractivity contribution in [2.75, 3.05) is 11.9 Å². The molecular weight excluding hydrogens is 438 g/mol. The molecule has 2 atom stereocenters. The molecule has 5 nitrogen and oxygen atoms in total. The van der Waals surface area contributed by atoms with E-state index < -0.39 is 0 Å². The predicted molar refractivity (Wildman–Crippen MR) is 128 cm³/mol. The fourth-order valence-electron chi connectivity index (χ4n) is 4.11. The molecule has 0 aliphatic heterocycles. The van der Waals surface area contributed by atoms with E-state index in [9.17, 15) is 9.59 Å². The second-order valence-electron chi connectivity index (χ2n) is 8.08. The van der Waals surface area contributed by atoms with Gasteiger partial charge in [-0.3, -0.25) is 9.59 Å². The zero-order chi connectivity index (χ0) is 22.9. The molecule has 5 rings (SSSR count). The van der Waals surface area contributed by atoms with E-state index in [1.165, 1.54) is 0 Å². The lowest BCUT2D eigenvalue weighted by atomic mass is 10.1. The molecular formula is C27H22ClNO4. The van der Waals surface area contributed by atoms with Crippen molar-refractivity contribution in [3.63, 3.8) is 0 Å². The lowest BCUT2D eigenvalue weighted by molar-refractivity contribution is -0.117. The molecule has 166 valence electrons. The molecule has 1 aliphatic carbocycles. The van der Waals surface area contributed by atoms with E-state index in [4.69, 9.17) is 20.8 Å². The first-order chi connectivity index (χ1) is 16.0. The Hall–Kier alpha value is -3.57. The Morgan fingerprint density at radius 3 is 2.48 bits per heavy atom. The van der Waals surface area contributed by atoms with Gasteiger partial charge in [0.2, 0.25) is 11.7 Å². The van der Waals surface area contributed by atoms with Gasteiger partial charge in [-0.1, -0.05) is 35.9 Å². The quantitative estimate of drug-likeness (QED) is 0.322. The van der Waals surface area contributed by atoms with Crippen molar-refractivity contribution >= 4 is 39.9 Å². The molecule has 0 bridgehead atoms. The van der Waals surface area contributed by atoms with Gasteiger partial charge in [0.1, 0.15) is 11.3 Å². The second-order valence-corrected chi connectivity index (χ2v) is 8.51. The van der Waals surface area contributed by atoms with Crippen LogP contribution in [0.2, 0.25) is 5.02 Å². The summed E-state index contributed by atoms with van der Waals surface area (Å²) in [7, 11) is 0. The maximum atomic E-state index is 13.3. The van der Waals surface area contributed by atoms with Crippen LogP contribution in [0.15, 0.2) is 77.2 Å². The molecule has 1 heterocycles. The average molecular weight is 460 g/mol. The summed E-state index contributed by atoms with van der Waals surface area (Å²) < 4.78 is 11.4. The van der Waals surface area contributed by atoms with Gasteiger partial charge in [0.05, 0.1) is 12.3 Å². The number of para-hydroxylation sites is 1. The number of halogens is 1. The first-order valence-electron chi connectivity index (χ1n) is 10.9. The lowest BCUT2D eigenvalue weighted by Gasteiger charge is -2.07. The van der Waals surface area contributed by atoms with Crippen LogP contribution in [0.4, 0.5) is 5.69 Å². The fourth-order valence-corrected chi connectivity index (χ4v) is 4.23. The highest BCUT2D eigenvalue weighted by atomic mass is 35.5. The lowest BCUT2D eigenvalue weighted by Crippen LogP contribution is -2.16. The molecule has 0 spiro atoms. The average Bonchev–Trinajstić information content (AvgIpc) is 3.56. The van der Waals surface area contributed by atoms with Crippen LogP contribution >= 0.6 is 11.6 Å². The molecule has 4 aromatic rings. The first kappa shape index (κ1) is 21.3. The largest absolute Gasteiger partial charge is 0.494 e. The second kappa shape index (κ2) is 8.75. The Labute approximate surface area is 196 Å². The van der Waals surface area contributed by atoms with E-state index >= 15 is 0 Å². The molecule has 6 heteroatoms. The standard InChI is InChI=1S/C27H22ClNO4/c1-2-32-19-13-9-17(10-14-19)25(30)26-24(20-5-3-4-6-23(20)33-26)29-27(31)22-15-21(22)16-7-11-18(28)12-8-16/h3-14,21-22H,2,15H2,1H3,(H,29,31). The van der Waals surface area contributed by atoms with Crippen molar-refractivity contribution in [3.8, 4) is 5.75 Å². The summed E-state index contributed by atoms with van der Waals surface area (Å²) in [6.07, 6.45) is 0.755. The number of nitrogens with one attached hydrogen (secondary N) is 1. The SMILES string of the molecule is CCOc1ccc(C(=O)c2oc3ccccc3c2NC(=O)C2CC2c2ccc(Cl)cc2)cc1. The van der Waals surface area contributed by atoms with Gasteiger partial charge in [-0.15, -0.1) is 0 Å². The van der Waals surface area contributed by atoms with Crippen LogP contribution in [0.3, 0.4) is 0 Å². The fraction of sp³-hybridized carbons (Fsp3) is 0.185. The summed E-state index contributed by atoms with van der Waals surface area (Å²) in [5, 5.41) is 4.35. The van der Waals surface area contributed by atoms with Crippen molar-refractivity contribution in [1.82, 2.24) is 0 Å². The van der Waals surface area contributed by atoms with Crippen molar-refractivity contribution in [2.45, 2.75) is 19.3 Å². The first-order valence-corrected chi connectivity index (χ1v) is 11.3. The number of amides is 1. The van der Waals surface area contributed by atoms with E-state index in [0.717, 1.165) is 12.0 Å². The van der Waals surface area contributed by atoms with Crippen molar-refractivity contribution < 1.29 is 18.7 Å². The van der Waals surface area contributed by atoms with Gasteiger partial charge < -0.3 is 14.5 Å². The zero-order valence-electron chi connectivity index (χ0n) is 18.0. The smallest absolute Gasteiger partial charge is 0.230 e. The highest BCUT2D eigenvalue weighted by Gasteiger charge is 2.44. The number of fused-ring (bicyclic) bond motifs is 1. The van der Waals surface area contributed by atoms with E-state index in [0.29, 0.717) is 39.6 Å². The van der Waals surface area contributed by atoms with Gasteiger partial charge in [0.25, 0.3) is 0 Å². The topological polar surface area (TPSA) is 68.5 Å². The minimum Gasteiger partial charge on any atom is -0.494 e. The number of hydrogen-bond donors (Lipinski definition) is 1. The van der Waals surface area contributed by atoms with Crippen LogP contribution in [0.25, 0.3) is 11.0 Å². The van der Waals surface area contributed by atoms with E-state index in [2.05, 4.69) is 5.32 Å². The minimum absolute atomic E-state index is 0.123. The number of benzene rings is 3. The molecule has 1 aliphatic rings. The molecule has 1 fully saturated rings. The van der Waals surface area contributed by atoms with Gasteiger partial charge in [-0.2, -0.15) is 0 Å². The van der Waals surface area contributed by atoms with E-state index in [-0.39, 0.29) is 29.3 Å². The molecule has 1 amide bonds. The summed E-state index contributed by atoms with van der Waals surface area (Å²) in [6, 6.07) is 21.8. The maximum Gasteiger partial charge on any atom is 0.230 e. The number of ketones is 1. The molecule has 1 saturated carbocycles. The van der Waals surface area contributed by atoms with Gasteiger partial charge in [-0.25, -0.2) is 0 Å². The minimum atomic E-state index is -0.297. The predicted octanol–water partition coefficient (Wildman–Crippen LogP) is 6.46.